The molecule has 21 heavy (non-hydrogen) atoms. The van der Waals surface area contributed by atoms with Gasteiger partial charge in [0.2, 0.25) is 0 Å². The Bertz CT molecular complexity index is 509. The highest BCUT2D eigenvalue weighted by Crippen LogP contribution is 2.29. The van der Waals surface area contributed by atoms with Gasteiger partial charge in [-0.3, -0.25) is 9.59 Å². The Morgan fingerprint density at radius 3 is 2.71 bits per heavy atom. The fourth-order valence-electron chi connectivity index (χ4n) is 2.24. The van der Waals surface area contributed by atoms with Crippen molar-refractivity contribution in [1.82, 2.24) is 4.90 Å². The Kier molecular flexibility index (Phi) is 5.37. The minimum atomic E-state index is -0.00637. The van der Waals surface area contributed by atoms with Gasteiger partial charge < -0.3 is 9.64 Å². The number of ketones is 1. The van der Waals surface area contributed by atoms with E-state index in [9.17, 15) is 9.59 Å². The number of nitrogens with zero attached hydrogens (tertiary/aromatic N) is 1. The van der Waals surface area contributed by atoms with Crippen LogP contribution >= 0.6 is 0 Å². The average Bonchev–Trinajstić information content (AvgIpc) is 3.28. The number of carbonyl (C=O) groups excluding carboxylic acids is 2. The second-order valence-corrected chi connectivity index (χ2v) is 5.66. The zero-order valence-corrected chi connectivity index (χ0v) is 12.8. The van der Waals surface area contributed by atoms with E-state index in [1.165, 1.54) is 19.8 Å². The maximum absolute atomic E-state index is 12.2. The molecule has 2 rings (SSSR count). The molecule has 0 N–H and O–H groups in total. The summed E-state index contributed by atoms with van der Waals surface area (Å²) < 4.78 is 5.54. The first-order valence-electron chi connectivity index (χ1n) is 7.61. The number of hydrogen-bond donors (Lipinski definition) is 0. The molecule has 114 valence electrons. The summed E-state index contributed by atoms with van der Waals surface area (Å²) in [6, 6.07) is 6.96. The van der Waals surface area contributed by atoms with Crippen molar-refractivity contribution < 1.29 is 14.3 Å². The van der Waals surface area contributed by atoms with E-state index in [2.05, 4.69) is 6.92 Å². The molecule has 0 unspecified atom stereocenters. The van der Waals surface area contributed by atoms with Crippen molar-refractivity contribution in [1.29, 1.82) is 0 Å². The molecule has 0 aliphatic heterocycles. The zero-order chi connectivity index (χ0) is 15.2. The molecule has 0 atom stereocenters. The smallest absolute Gasteiger partial charge is 0.260 e. The summed E-state index contributed by atoms with van der Waals surface area (Å²) in [5, 5.41) is 0. The molecule has 0 heterocycles. The monoisotopic (exact) mass is 289 g/mol. The van der Waals surface area contributed by atoms with Crippen molar-refractivity contribution in [3.8, 4) is 5.75 Å². The second-order valence-electron chi connectivity index (χ2n) is 5.66. The lowest BCUT2D eigenvalue weighted by Gasteiger charge is -2.22. The van der Waals surface area contributed by atoms with Crippen LogP contribution in [0.1, 0.15) is 43.5 Å². The minimum absolute atomic E-state index is 0.00637. The van der Waals surface area contributed by atoms with Gasteiger partial charge in [-0.15, -0.1) is 0 Å². The van der Waals surface area contributed by atoms with Crippen LogP contribution in [0, 0.1) is 5.92 Å². The quantitative estimate of drug-likeness (QED) is 0.691. The predicted molar refractivity (Wildman–Crippen MR) is 81.5 cm³/mol. The summed E-state index contributed by atoms with van der Waals surface area (Å²) in [4.78, 5) is 25.4. The number of benzene rings is 1. The molecule has 1 aliphatic carbocycles. The standard InChI is InChI=1S/C17H23NO3/c1-3-9-18(11-14-7-8-14)17(20)12-21-16-6-4-5-15(10-16)13(2)19/h4-6,10,14H,3,7-9,11-12H2,1-2H3. The predicted octanol–water partition coefficient (Wildman–Crippen LogP) is 2.92. The molecule has 0 saturated heterocycles. The summed E-state index contributed by atoms with van der Waals surface area (Å²) in [6.45, 7) is 5.26. The summed E-state index contributed by atoms with van der Waals surface area (Å²) in [6.07, 6.45) is 3.42. The summed E-state index contributed by atoms with van der Waals surface area (Å²) in [5.41, 5.74) is 0.600. The van der Waals surface area contributed by atoms with Crippen molar-refractivity contribution in [2.45, 2.75) is 33.1 Å². The fraction of sp³-hybridized carbons (Fsp3) is 0.529. The van der Waals surface area contributed by atoms with Crippen LogP contribution in [0.25, 0.3) is 0 Å². The van der Waals surface area contributed by atoms with Crippen LogP contribution in [-0.4, -0.2) is 36.3 Å². The molecule has 1 aromatic carbocycles. The maximum atomic E-state index is 12.2. The van der Waals surface area contributed by atoms with Gasteiger partial charge in [0.25, 0.3) is 5.91 Å². The SMILES string of the molecule is CCCN(CC1CC1)C(=O)COc1cccc(C(C)=O)c1. The molecule has 1 aliphatic rings. The number of Topliss-reactive ketones (excluding diaryl/α,β-unsaturated/α-hetero) is 1. The van der Waals surface area contributed by atoms with Crippen molar-refractivity contribution in [3.63, 3.8) is 0 Å². The Hall–Kier alpha value is -1.84. The van der Waals surface area contributed by atoms with E-state index in [0.717, 1.165) is 19.5 Å². The highest BCUT2D eigenvalue weighted by molar-refractivity contribution is 5.94. The third kappa shape index (κ3) is 4.88. The van der Waals surface area contributed by atoms with E-state index in [0.29, 0.717) is 17.2 Å². The summed E-state index contributed by atoms with van der Waals surface area (Å²) >= 11 is 0. The van der Waals surface area contributed by atoms with Gasteiger partial charge in [-0.25, -0.2) is 0 Å². The lowest BCUT2D eigenvalue weighted by atomic mass is 10.1. The first-order chi connectivity index (χ1) is 10.1. The molecule has 1 fully saturated rings. The first kappa shape index (κ1) is 15.5. The molecule has 0 aromatic heterocycles. The van der Waals surface area contributed by atoms with Gasteiger partial charge in [0.15, 0.2) is 12.4 Å². The molecule has 0 spiro atoms. The van der Waals surface area contributed by atoms with Crippen LogP contribution in [0.2, 0.25) is 0 Å². The molecule has 1 saturated carbocycles. The molecule has 1 amide bonds. The Labute approximate surface area is 126 Å². The number of rotatable bonds is 8. The van der Waals surface area contributed by atoms with Crippen LogP contribution < -0.4 is 4.74 Å². The van der Waals surface area contributed by atoms with Gasteiger partial charge in [0.1, 0.15) is 5.75 Å². The van der Waals surface area contributed by atoms with E-state index in [-0.39, 0.29) is 18.3 Å². The average molecular weight is 289 g/mol. The van der Waals surface area contributed by atoms with Crippen molar-refractivity contribution in [2.75, 3.05) is 19.7 Å². The van der Waals surface area contributed by atoms with Crippen molar-refractivity contribution in [3.05, 3.63) is 29.8 Å². The molecule has 4 heteroatoms. The number of amides is 1. The highest BCUT2D eigenvalue weighted by Gasteiger charge is 2.26. The van der Waals surface area contributed by atoms with E-state index < -0.39 is 0 Å². The topological polar surface area (TPSA) is 46.6 Å². The molecule has 1 aromatic rings. The first-order valence-corrected chi connectivity index (χ1v) is 7.61. The Morgan fingerprint density at radius 1 is 1.33 bits per heavy atom. The molecular formula is C17H23NO3. The molecule has 0 radical (unpaired) electrons. The second kappa shape index (κ2) is 7.25. The van der Waals surface area contributed by atoms with E-state index in [1.807, 2.05) is 4.90 Å². The van der Waals surface area contributed by atoms with Crippen LogP contribution in [0.4, 0.5) is 0 Å². The van der Waals surface area contributed by atoms with Gasteiger partial charge in [-0.2, -0.15) is 0 Å². The number of ether oxygens (including phenoxy) is 1. The molecule has 0 bridgehead atoms. The number of carbonyl (C=O) groups is 2. The largest absolute Gasteiger partial charge is 0.484 e. The zero-order valence-electron chi connectivity index (χ0n) is 12.8. The van der Waals surface area contributed by atoms with Crippen LogP contribution in [0.5, 0.6) is 5.75 Å². The van der Waals surface area contributed by atoms with Gasteiger partial charge in [0, 0.05) is 18.7 Å². The third-order valence-corrected chi connectivity index (χ3v) is 3.62. The van der Waals surface area contributed by atoms with Crippen LogP contribution in [0.15, 0.2) is 24.3 Å². The minimum Gasteiger partial charge on any atom is -0.484 e. The third-order valence-electron chi connectivity index (χ3n) is 3.62. The lowest BCUT2D eigenvalue weighted by molar-refractivity contribution is -0.133. The van der Waals surface area contributed by atoms with Gasteiger partial charge >= 0.3 is 0 Å². The molecule has 4 nitrogen and oxygen atoms in total. The van der Waals surface area contributed by atoms with Crippen molar-refractivity contribution in [2.24, 2.45) is 5.92 Å². The Balaban J connectivity index is 1.89. The van der Waals surface area contributed by atoms with E-state index >= 15 is 0 Å². The molecular weight excluding hydrogens is 266 g/mol. The maximum Gasteiger partial charge on any atom is 0.260 e. The number of hydrogen-bond acceptors (Lipinski definition) is 3. The van der Waals surface area contributed by atoms with E-state index in [1.54, 1.807) is 24.3 Å². The lowest BCUT2D eigenvalue weighted by Crippen LogP contribution is -2.37. The van der Waals surface area contributed by atoms with Crippen molar-refractivity contribution >= 4 is 11.7 Å². The summed E-state index contributed by atoms with van der Waals surface area (Å²) in [5.74, 6) is 1.27. The van der Waals surface area contributed by atoms with Gasteiger partial charge in [-0.05, 0) is 44.2 Å². The van der Waals surface area contributed by atoms with Crippen LogP contribution in [-0.2, 0) is 4.79 Å². The van der Waals surface area contributed by atoms with Gasteiger partial charge in [0.05, 0.1) is 0 Å². The Morgan fingerprint density at radius 2 is 2.10 bits per heavy atom. The van der Waals surface area contributed by atoms with Crippen LogP contribution in [0.3, 0.4) is 0 Å². The highest BCUT2D eigenvalue weighted by atomic mass is 16.5. The summed E-state index contributed by atoms with van der Waals surface area (Å²) in [7, 11) is 0. The normalized spacial score (nSPS) is 13.8. The fourth-order valence-corrected chi connectivity index (χ4v) is 2.24. The van der Waals surface area contributed by atoms with Gasteiger partial charge in [-0.1, -0.05) is 19.1 Å². The van der Waals surface area contributed by atoms with E-state index in [4.69, 9.17) is 4.74 Å².